The molecule has 2 nitrogen and oxygen atoms in total. The summed E-state index contributed by atoms with van der Waals surface area (Å²) in [6.45, 7) is 4.50. The van der Waals surface area contributed by atoms with Crippen molar-refractivity contribution in [2.24, 2.45) is 5.41 Å². The molecule has 0 radical (unpaired) electrons. The van der Waals surface area contributed by atoms with Gasteiger partial charge in [0.25, 0.3) is 0 Å². The number of rotatable bonds is 2. The predicted octanol–water partition coefficient (Wildman–Crippen LogP) is 1.74. The van der Waals surface area contributed by atoms with Gasteiger partial charge in [0.1, 0.15) is 0 Å². The third-order valence-electron chi connectivity index (χ3n) is 1.90. The summed E-state index contributed by atoms with van der Waals surface area (Å²) in [4.78, 5) is 10.9. The van der Waals surface area contributed by atoms with Gasteiger partial charge in [0.2, 0.25) is 0 Å². The first kappa shape index (κ1) is 9.12. The average molecular weight is 166 g/mol. The summed E-state index contributed by atoms with van der Waals surface area (Å²) in [5, 5.41) is 0. The molecule has 0 spiro atoms. The molecule has 0 aromatic rings. The highest BCUT2D eigenvalue weighted by atomic mass is 16.5. The SMILES string of the molecule is CCCOC(=O)C#CC1(C)CC1. The van der Waals surface area contributed by atoms with E-state index in [1.807, 2.05) is 6.92 Å². The fraction of sp³-hybridized carbons (Fsp3) is 0.700. The van der Waals surface area contributed by atoms with Gasteiger partial charge < -0.3 is 4.74 Å². The molecule has 0 unspecified atom stereocenters. The van der Waals surface area contributed by atoms with Crippen LogP contribution in [0.3, 0.4) is 0 Å². The monoisotopic (exact) mass is 166 g/mol. The van der Waals surface area contributed by atoms with Crippen LogP contribution in [-0.4, -0.2) is 12.6 Å². The Hall–Kier alpha value is -0.970. The van der Waals surface area contributed by atoms with Crippen molar-refractivity contribution in [2.45, 2.75) is 33.1 Å². The Morgan fingerprint density at radius 3 is 2.75 bits per heavy atom. The highest BCUT2D eigenvalue weighted by Crippen LogP contribution is 2.43. The summed E-state index contributed by atoms with van der Waals surface area (Å²) in [5.74, 6) is 5.04. The molecule has 0 saturated heterocycles. The molecule has 1 rings (SSSR count). The number of carbonyl (C=O) groups excluding carboxylic acids is 1. The van der Waals surface area contributed by atoms with Gasteiger partial charge in [-0.05, 0) is 26.2 Å². The van der Waals surface area contributed by atoms with Crippen LogP contribution in [-0.2, 0) is 9.53 Å². The summed E-state index contributed by atoms with van der Waals surface area (Å²) < 4.78 is 4.80. The van der Waals surface area contributed by atoms with E-state index in [1.165, 1.54) is 0 Å². The van der Waals surface area contributed by atoms with Gasteiger partial charge in [-0.1, -0.05) is 12.8 Å². The molecule has 0 N–H and O–H groups in total. The van der Waals surface area contributed by atoms with Crippen LogP contribution in [0, 0.1) is 17.3 Å². The lowest BCUT2D eigenvalue weighted by Gasteiger charge is -1.95. The lowest BCUT2D eigenvalue weighted by Crippen LogP contribution is -2.02. The maximum absolute atomic E-state index is 10.9. The van der Waals surface area contributed by atoms with Gasteiger partial charge >= 0.3 is 5.97 Å². The second kappa shape index (κ2) is 3.62. The molecule has 0 aromatic carbocycles. The van der Waals surface area contributed by atoms with Crippen molar-refractivity contribution < 1.29 is 9.53 Å². The van der Waals surface area contributed by atoms with Crippen molar-refractivity contribution in [3.63, 3.8) is 0 Å². The van der Waals surface area contributed by atoms with Crippen LogP contribution in [0.1, 0.15) is 33.1 Å². The summed E-state index contributed by atoms with van der Waals surface area (Å²) in [6, 6.07) is 0. The number of hydrogen-bond acceptors (Lipinski definition) is 2. The summed E-state index contributed by atoms with van der Waals surface area (Å²) in [7, 11) is 0. The summed E-state index contributed by atoms with van der Waals surface area (Å²) >= 11 is 0. The third-order valence-corrected chi connectivity index (χ3v) is 1.90. The van der Waals surface area contributed by atoms with E-state index in [-0.39, 0.29) is 11.4 Å². The maximum atomic E-state index is 10.9. The predicted molar refractivity (Wildman–Crippen MR) is 46.4 cm³/mol. The first-order chi connectivity index (χ1) is 5.66. The molecule has 1 saturated carbocycles. The van der Waals surface area contributed by atoms with Crippen LogP contribution in [0.4, 0.5) is 0 Å². The highest BCUT2D eigenvalue weighted by Gasteiger charge is 2.35. The van der Waals surface area contributed by atoms with Crippen LogP contribution in [0.2, 0.25) is 0 Å². The van der Waals surface area contributed by atoms with Crippen molar-refractivity contribution in [2.75, 3.05) is 6.61 Å². The smallest absolute Gasteiger partial charge is 0.384 e. The number of hydrogen-bond donors (Lipinski definition) is 0. The minimum Gasteiger partial charge on any atom is -0.456 e. The second-order valence-electron chi connectivity index (χ2n) is 3.45. The van der Waals surface area contributed by atoms with Gasteiger partial charge in [0, 0.05) is 11.3 Å². The van der Waals surface area contributed by atoms with Gasteiger partial charge in [0.15, 0.2) is 0 Å². The van der Waals surface area contributed by atoms with Crippen molar-refractivity contribution in [1.29, 1.82) is 0 Å². The van der Waals surface area contributed by atoms with Gasteiger partial charge in [-0.25, -0.2) is 4.79 Å². The minimum atomic E-state index is -0.384. The van der Waals surface area contributed by atoms with Crippen LogP contribution >= 0.6 is 0 Å². The molecular weight excluding hydrogens is 152 g/mol. The number of carbonyl (C=O) groups is 1. The Labute approximate surface area is 73.3 Å². The molecule has 0 aliphatic heterocycles. The summed E-state index contributed by atoms with van der Waals surface area (Å²) in [5.41, 5.74) is 0.116. The first-order valence-corrected chi connectivity index (χ1v) is 4.36. The van der Waals surface area contributed by atoms with Crippen LogP contribution in [0.15, 0.2) is 0 Å². The molecule has 66 valence electrons. The molecule has 1 fully saturated rings. The normalized spacial score (nSPS) is 17.5. The lowest BCUT2D eigenvalue weighted by molar-refractivity contribution is -0.136. The standard InChI is InChI=1S/C10H14O2/c1-3-8-12-9(11)4-5-10(2)6-7-10/h3,6-8H2,1-2H3. The Kier molecular flexibility index (Phi) is 2.75. The van der Waals surface area contributed by atoms with Crippen molar-refractivity contribution >= 4 is 5.97 Å². The Balaban J connectivity index is 2.28. The second-order valence-corrected chi connectivity index (χ2v) is 3.45. The topological polar surface area (TPSA) is 26.3 Å². The molecule has 2 heteroatoms. The molecule has 0 amide bonds. The Morgan fingerprint density at radius 1 is 1.58 bits per heavy atom. The Morgan fingerprint density at radius 2 is 2.25 bits per heavy atom. The molecule has 12 heavy (non-hydrogen) atoms. The maximum Gasteiger partial charge on any atom is 0.384 e. The average Bonchev–Trinajstić information content (AvgIpc) is 2.77. The molecule has 1 aliphatic carbocycles. The molecule has 0 atom stereocenters. The van der Waals surface area contributed by atoms with E-state index < -0.39 is 0 Å². The highest BCUT2D eigenvalue weighted by molar-refractivity contribution is 5.88. The first-order valence-electron chi connectivity index (χ1n) is 4.36. The van der Waals surface area contributed by atoms with E-state index in [0.717, 1.165) is 19.3 Å². The third kappa shape index (κ3) is 2.96. The molecule has 0 bridgehead atoms. The van der Waals surface area contributed by atoms with Gasteiger partial charge in [-0.2, -0.15) is 0 Å². The van der Waals surface area contributed by atoms with E-state index in [0.29, 0.717) is 6.61 Å². The fourth-order valence-corrected chi connectivity index (χ4v) is 0.745. The fourth-order valence-electron chi connectivity index (χ4n) is 0.745. The van der Waals surface area contributed by atoms with Crippen LogP contribution in [0.25, 0.3) is 0 Å². The zero-order valence-corrected chi connectivity index (χ0v) is 7.64. The Bertz CT molecular complexity index is 228. The van der Waals surface area contributed by atoms with Crippen molar-refractivity contribution in [3.05, 3.63) is 0 Å². The van der Waals surface area contributed by atoms with Gasteiger partial charge in [-0.3, -0.25) is 0 Å². The number of ether oxygens (including phenoxy) is 1. The van der Waals surface area contributed by atoms with E-state index in [2.05, 4.69) is 18.8 Å². The zero-order valence-electron chi connectivity index (χ0n) is 7.64. The molecule has 0 heterocycles. The molecule has 0 aromatic heterocycles. The van der Waals surface area contributed by atoms with Crippen molar-refractivity contribution in [1.82, 2.24) is 0 Å². The van der Waals surface area contributed by atoms with Gasteiger partial charge in [0.05, 0.1) is 6.61 Å². The van der Waals surface area contributed by atoms with Crippen molar-refractivity contribution in [3.8, 4) is 11.8 Å². The van der Waals surface area contributed by atoms with E-state index in [1.54, 1.807) is 0 Å². The van der Waals surface area contributed by atoms with Gasteiger partial charge in [-0.15, -0.1) is 0 Å². The van der Waals surface area contributed by atoms with Crippen LogP contribution in [0.5, 0.6) is 0 Å². The van der Waals surface area contributed by atoms with E-state index >= 15 is 0 Å². The van der Waals surface area contributed by atoms with E-state index in [9.17, 15) is 4.79 Å². The molecular formula is C10H14O2. The largest absolute Gasteiger partial charge is 0.456 e. The van der Waals surface area contributed by atoms with Crippen LogP contribution < -0.4 is 0 Å². The molecule has 1 aliphatic rings. The zero-order chi connectivity index (χ0) is 9.03. The number of esters is 1. The minimum absolute atomic E-state index is 0.116. The lowest BCUT2D eigenvalue weighted by atomic mass is 10.1. The summed E-state index contributed by atoms with van der Waals surface area (Å²) in [6.07, 6.45) is 3.08. The quantitative estimate of drug-likeness (QED) is 0.355. The van der Waals surface area contributed by atoms with E-state index in [4.69, 9.17) is 4.74 Å².